The molecule has 0 spiro atoms. The van der Waals surface area contributed by atoms with E-state index in [1.807, 2.05) is 18.2 Å². The van der Waals surface area contributed by atoms with Crippen molar-refractivity contribution in [3.05, 3.63) is 70.2 Å². The van der Waals surface area contributed by atoms with Crippen molar-refractivity contribution < 1.29 is 9.90 Å². The number of hydrogen-bond acceptors (Lipinski definition) is 3. The minimum atomic E-state index is -1.52. The highest BCUT2D eigenvalue weighted by Crippen LogP contribution is 2.45. The second-order valence-electron chi connectivity index (χ2n) is 6.92. The zero-order valence-corrected chi connectivity index (χ0v) is 14.6. The fourth-order valence-corrected chi connectivity index (χ4v) is 4.33. The SMILES string of the molecule is N[C@H]1CCCC[C@@H]1N1C(=O)c2ccccc2C1(O)c1ccc(Cl)cc1. The Morgan fingerprint density at radius 2 is 1.76 bits per heavy atom. The summed E-state index contributed by atoms with van der Waals surface area (Å²) >= 11 is 6.02. The van der Waals surface area contributed by atoms with Crippen LogP contribution in [0.1, 0.15) is 47.2 Å². The summed E-state index contributed by atoms with van der Waals surface area (Å²) < 4.78 is 0. The Labute approximate surface area is 152 Å². The predicted octanol–water partition coefficient (Wildman–Crippen LogP) is 3.26. The van der Waals surface area contributed by atoms with Crippen LogP contribution in [0.3, 0.4) is 0 Å². The summed E-state index contributed by atoms with van der Waals surface area (Å²) in [7, 11) is 0. The summed E-state index contributed by atoms with van der Waals surface area (Å²) in [5.41, 5.74) is 6.62. The highest BCUT2D eigenvalue weighted by molar-refractivity contribution is 6.30. The van der Waals surface area contributed by atoms with E-state index in [2.05, 4.69) is 0 Å². The van der Waals surface area contributed by atoms with Gasteiger partial charge in [-0.05, 0) is 31.0 Å². The van der Waals surface area contributed by atoms with Gasteiger partial charge >= 0.3 is 0 Å². The average molecular weight is 357 g/mol. The van der Waals surface area contributed by atoms with Gasteiger partial charge in [0.1, 0.15) is 0 Å². The van der Waals surface area contributed by atoms with Crippen LogP contribution in [-0.4, -0.2) is 28.0 Å². The normalized spacial score (nSPS) is 28.9. The highest BCUT2D eigenvalue weighted by atomic mass is 35.5. The number of carbonyl (C=O) groups is 1. The molecule has 0 radical (unpaired) electrons. The first-order chi connectivity index (χ1) is 12.0. The summed E-state index contributed by atoms with van der Waals surface area (Å²) in [5, 5.41) is 12.4. The van der Waals surface area contributed by atoms with E-state index in [9.17, 15) is 9.90 Å². The lowest BCUT2D eigenvalue weighted by molar-refractivity contribution is -0.0790. The zero-order valence-electron chi connectivity index (χ0n) is 13.9. The third kappa shape index (κ3) is 2.48. The summed E-state index contributed by atoms with van der Waals surface area (Å²) in [6.45, 7) is 0. The zero-order chi connectivity index (χ0) is 17.6. The van der Waals surface area contributed by atoms with Crippen molar-refractivity contribution in [3.8, 4) is 0 Å². The van der Waals surface area contributed by atoms with Gasteiger partial charge in [0, 0.05) is 27.8 Å². The number of aliphatic hydroxyl groups is 1. The number of rotatable bonds is 2. The van der Waals surface area contributed by atoms with E-state index >= 15 is 0 Å². The first-order valence-corrected chi connectivity index (χ1v) is 9.08. The number of hydrogen-bond donors (Lipinski definition) is 2. The van der Waals surface area contributed by atoms with Crippen LogP contribution in [0.4, 0.5) is 0 Å². The van der Waals surface area contributed by atoms with Crippen LogP contribution >= 0.6 is 11.6 Å². The molecule has 1 fully saturated rings. The van der Waals surface area contributed by atoms with E-state index in [0.717, 1.165) is 25.7 Å². The number of nitrogens with zero attached hydrogens (tertiary/aromatic N) is 1. The minimum Gasteiger partial charge on any atom is -0.363 e. The molecule has 0 saturated heterocycles. The molecule has 2 aliphatic rings. The number of nitrogens with two attached hydrogens (primary N) is 1. The molecular weight excluding hydrogens is 336 g/mol. The Morgan fingerprint density at radius 1 is 1.08 bits per heavy atom. The summed E-state index contributed by atoms with van der Waals surface area (Å²) in [6.07, 6.45) is 3.74. The quantitative estimate of drug-likeness (QED) is 0.868. The first-order valence-electron chi connectivity index (χ1n) is 8.70. The molecule has 1 aliphatic carbocycles. The van der Waals surface area contributed by atoms with Crippen LogP contribution < -0.4 is 5.73 Å². The van der Waals surface area contributed by atoms with Crippen LogP contribution in [0.5, 0.6) is 0 Å². The average Bonchev–Trinajstić information content (AvgIpc) is 2.85. The molecule has 4 rings (SSSR count). The maximum atomic E-state index is 13.2. The summed E-state index contributed by atoms with van der Waals surface area (Å²) in [6, 6.07) is 14.0. The van der Waals surface area contributed by atoms with Gasteiger partial charge in [0.25, 0.3) is 5.91 Å². The van der Waals surface area contributed by atoms with Crippen molar-refractivity contribution in [2.24, 2.45) is 5.73 Å². The maximum Gasteiger partial charge on any atom is 0.257 e. The largest absolute Gasteiger partial charge is 0.363 e. The van der Waals surface area contributed by atoms with E-state index in [1.54, 1.807) is 35.2 Å². The fourth-order valence-electron chi connectivity index (χ4n) is 4.21. The molecule has 1 unspecified atom stereocenters. The second kappa shape index (κ2) is 6.13. The monoisotopic (exact) mass is 356 g/mol. The van der Waals surface area contributed by atoms with Gasteiger partial charge in [-0.3, -0.25) is 9.69 Å². The molecule has 0 bridgehead atoms. The van der Waals surface area contributed by atoms with Gasteiger partial charge in [0.2, 0.25) is 0 Å². The van der Waals surface area contributed by atoms with Gasteiger partial charge in [-0.25, -0.2) is 0 Å². The van der Waals surface area contributed by atoms with Crippen molar-refractivity contribution in [2.75, 3.05) is 0 Å². The number of benzene rings is 2. The topological polar surface area (TPSA) is 66.6 Å². The Morgan fingerprint density at radius 3 is 2.48 bits per heavy atom. The van der Waals surface area contributed by atoms with E-state index in [4.69, 9.17) is 17.3 Å². The van der Waals surface area contributed by atoms with Crippen molar-refractivity contribution in [1.29, 1.82) is 0 Å². The van der Waals surface area contributed by atoms with Gasteiger partial charge in [0.05, 0.1) is 6.04 Å². The molecule has 1 amide bonds. The molecule has 1 saturated carbocycles. The van der Waals surface area contributed by atoms with Crippen LogP contribution in [0.15, 0.2) is 48.5 Å². The van der Waals surface area contributed by atoms with Crippen LogP contribution in [-0.2, 0) is 5.72 Å². The number of amides is 1. The number of carbonyl (C=O) groups excluding carboxylic acids is 1. The molecule has 0 aromatic heterocycles. The minimum absolute atomic E-state index is 0.133. The molecule has 1 heterocycles. The molecule has 130 valence electrons. The third-order valence-electron chi connectivity index (χ3n) is 5.46. The smallest absolute Gasteiger partial charge is 0.257 e. The van der Waals surface area contributed by atoms with Crippen molar-refractivity contribution in [3.63, 3.8) is 0 Å². The maximum absolute atomic E-state index is 13.2. The Kier molecular flexibility index (Phi) is 4.07. The van der Waals surface area contributed by atoms with Gasteiger partial charge in [0.15, 0.2) is 5.72 Å². The number of fused-ring (bicyclic) bond motifs is 1. The molecule has 3 N–H and O–H groups in total. The molecular formula is C20H21ClN2O2. The highest BCUT2D eigenvalue weighted by Gasteiger charge is 2.53. The van der Waals surface area contributed by atoms with E-state index in [-0.39, 0.29) is 18.0 Å². The summed E-state index contributed by atoms with van der Waals surface area (Å²) in [5.74, 6) is -0.157. The van der Waals surface area contributed by atoms with Gasteiger partial charge in [-0.15, -0.1) is 0 Å². The summed E-state index contributed by atoms with van der Waals surface area (Å²) in [4.78, 5) is 14.8. The lowest BCUT2D eigenvalue weighted by Gasteiger charge is -2.44. The van der Waals surface area contributed by atoms with Crippen LogP contribution in [0.2, 0.25) is 5.02 Å². The van der Waals surface area contributed by atoms with Crippen LogP contribution in [0, 0.1) is 0 Å². The standard InChI is InChI=1S/C20H21ClN2O2/c21-14-11-9-13(10-12-14)20(25)16-6-2-1-5-15(16)19(24)23(20)18-8-4-3-7-17(18)22/h1-2,5-6,9-12,17-18,25H,3-4,7-8,22H2/t17-,18-,20?/m0/s1. The van der Waals surface area contributed by atoms with Crippen molar-refractivity contribution in [2.45, 2.75) is 43.5 Å². The predicted molar refractivity (Wildman–Crippen MR) is 97.3 cm³/mol. The lowest BCUT2D eigenvalue weighted by Crippen LogP contribution is -2.57. The lowest BCUT2D eigenvalue weighted by atomic mass is 9.87. The van der Waals surface area contributed by atoms with Crippen molar-refractivity contribution >= 4 is 17.5 Å². The molecule has 2 aromatic rings. The van der Waals surface area contributed by atoms with Crippen molar-refractivity contribution in [1.82, 2.24) is 4.90 Å². The van der Waals surface area contributed by atoms with Gasteiger partial charge < -0.3 is 10.8 Å². The van der Waals surface area contributed by atoms with Crippen LogP contribution in [0.25, 0.3) is 0 Å². The Balaban J connectivity index is 1.89. The van der Waals surface area contributed by atoms with Gasteiger partial charge in [-0.1, -0.05) is 54.8 Å². The third-order valence-corrected chi connectivity index (χ3v) is 5.71. The Bertz CT molecular complexity index is 808. The number of halogens is 1. The van der Waals surface area contributed by atoms with E-state index < -0.39 is 5.72 Å². The fraction of sp³-hybridized carbons (Fsp3) is 0.350. The molecule has 4 nitrogen and oxygen atoms in total. The van der Waals surface area contributed by atoms with E-state index in [1.165, 1.54) is 0 Å². The molecule has 25 heavy (non-hydrogen) atoms. The molecule has 2 aromatic carbocycles. The molecule has 1 aliphatic heterocycles. The Hall–Kier alpha value is -1.88. The molecule has 5 heteroatoms. The first kappa shape index (κ1) is 16.6. The van der Waals surface area contributed by atoms with Gasteiger partial charge in [-0.2, -0.15) is 0 Å². The van der Waals surface area contributed by atoms with E-state index in [0.29, 0.717) is 21.7 Å². The second-order valence-corrected chi connectivity index (χ2v) is 7.35. The molecule has 3 atom stereocenters.